The summed E-state index contributed by atoms with van der Waals surface area (Å²) in [7, 11) is 0. The first-order valence-corrected chi connectivity index (χ1v) is 10.4. The highest BCUT2D eigenvalue weighted by molar-refractivity contribution is 5.99. The summed E-state index contributed by atoms with van der Waals surface area (Å²) in [5, 5.41) is 9.72. The van der Waals surface area contributed by atoms with Crippen molar-refractivity contribution in [1.29, 1.82) is 0 Å². The molecular formula is C23H23N3O4. The van der Waals surface area contributed by atoms with Gasteiger partial charge in [-0.2, -0.15) is 0 Å². The molecule has 2 aromatic carbocycles. The molecule has 0 radical (unpaired) electrons. The van der Waals surface area contributed by atoms with Crippen LogP contribution in [0.3, 0.4) is 0 Å². The SMILES string of the molecule is O=C(O)[C@@H]1Cc2ccccc2CN1C(=O)c1ccc2c(c1)[nH]c(=O)n2C1CCCC1. The number of aromatic amines is 1. The van der Waals surface area contributed by atoms with Crippen LogP contribution in [0.5, 0.6) is 0 Å². The van der Waals surface area contributed by atoms with Gasteiger partial charge in [0.05, 0.1) is 11.0 Å². The molecule has 7 nitrogen and oxygen atoms in total. The van der Waals surface area contributed by atoms with Crippen LogP contribution in [0, 0.1) is 0 Å². The summed E-state index contributed by atoms with van der Waals surface area (Å²) >= 11 is 0. The van der Waals surface area contributed by atoms with Crippen LogP contribution >= 0.6 is 0 Å². The predicted molar refractivity (Wildman–Crippen MR) is 112 cm³/mol. The molecule has 0 saturated heterocycles. The predicted octanol–water partition coefficient (Wildman–Crippen LogP) is 3.10. The van der Waals surface area contributed by atoms with Gasteiger partial charge >= 0.3 is 11.7 Å². The first-order chi connectivity index (χ1) is 14.5. The average molecular weight is 405 g/mol. The Balaban J connectivity index is 1.51. The number of imidazole rings is 1. The fourth-order valence-corrected chi connectivity index (χ4v) is 4.91. The lowest BCUT2D eigenvalue weighted by Gasteiger charge is -2.34. The monoisotopic (exact) mass is 405 g/mol. The summed E-state index contributed by atoms with van der Waals surface area (Å²) in [5.41, 5.74) is 3.56. The van der Waals surface area contributed by atoms with Crippen molar-refractivity contribution in [1.82, 2.24) is 14.5 Å². The number of carbonyl (C=O) groups is 2. The molecule has 2 N–H and O–H groups in total. The summed E-state index contributed by atoms with van der Waals surface area (Å²) in [6.07, 6.45) is 4.50. The smallest absolute Gasteiger partial charge is 0.326 e. The van der Waals surface area contributed by atoms with Gasteiger partial charge in [0, 0.05) is 24.6 Å². The van der Waals surface area contributed by atoms with Crippen LogP contribution in [0.1, 0.15) is 53.2 Å². The number of amides is 1. The van der Waals surface area contributed by atoms with Crippen LogP contribution in [0.15, 0.2) is 47.3 Å². The number of aliphatic carboxylic acids is 1. The maximum absolute atomic E-state index is 13.3. The van der Waals surface area contributed by atoms with Crippen LogP contribution in [0.4, 0.5) is 0 Å². The Labute approximate surface area is 172 Å². The normalized spacial score (nSPS) is 19.2. The minimum atomic E-state index is -1.01. The zero-order valence-electron chi connectivity index (χ0n) is 16.5. The van der Waals surface area contributed by atoms with Gasteiger partial charge in [-0.3, -0.25) is 9.36 Å². The highest BCUT2D eigenvalue weighted by atomic mass is 16.4. The van der Waals surface area contributed by atoms with Crippen molar-refractivity contribution >= 4 is 22.9 Å². The lowest BCUT2D eigenvalue weighted by molar-refractivity contribution is -0.142. The van der Waals surface area contributed by atoms with Crippen molar-refractivity contribution in [3.8, 4) is 0 Å². The molecule has 2 heterocycles. The fraction of sp³-hybridized carbons (Fsp3) is 0.348. The summed E-state index contributed by atoms with van der Waals surface area (Å²) < 4.78 is 1.80. The van der Waals surface area contributed by atoms with Gasteiger partial charge in [-0.1, -0.05) is 37.1 Å². The number of carboxylic acids is 1. The number of nitrogens with zero attached hydrogens (tertiary/aromatic N) is 2. The van der Waals surface area contributed by atoms with E-state index in [0.717, 1.165) is 42.3 Å². The summed E-state index contributed by atoms with van der Waals surface area (Å²) in [5.74, 6) is -1.35. The number of rotatable bonds is 3. The van der Waals surface area contributed by atoms with E-state index in [2.05, 4.69) is 4.98 Å². The van der Waals surface area contributed by atoms with E-state index in [9.17, 15) is 19.5 Å². The van der Waals surface area contributed by atoms with Crippen molar-refractivity contribution in [3.63, 3.8) is 0 Å². The lowest BCUT2D eigenvalue weighted by Crippen LogP contribution is -2.48. The second-order valence-corrected chi connectivity index (χ2v) is 8.23. The molecule has 1 atom stereocenters. The van der Waals surface area contributed by atoms with Crippen molar-refractivity contribution in [2.24, 2.45) is 0 Å². The third-order valence-electron chi connectivity index (χ3n) is 6.45. The number of hydrogen-bond donors (Lipinski definition) is 2. The third kappa shape index (κ3) is 3.01. The zero-order chi connectivity index (χ0) is 20.8. The minimum Gasteiger partial charge on any atom is -0.480 e. The van der Waals surface area contributed by atoms with Crippen LogP contribution < -0.4 is 5.69 Å². The molecule has 1 amide bonds. The third-order valence-corrected chi connectivity index (χ3v) is 6.45. The van der Waals surface area contributed by atoms with Gasteiger partial charge in [-0.25, -0.2) is 9.59 Å². The second-order valence-electron chi connectivity index (χ2n) is 8.23. The quantitative estimate of drug-likeness (QED) is 0.700. The lowest BCUT2D eigenvalue weighted by atomic mass is 9.93. The molecule has 2 aliphatic rings. The summed E-state index contributed by atoms with van der Waals surface area (Å²) in [6.45, 7) is 0.254. The van der Waals surface area contributed by atoms with E-state index in [1.807, 2.05) is 24.3 Å². The Bertz CT molecular complexity index is 1200. The van der Waals surface area contributed by atoms with Crippen molar-refractivity contribution < 1.29 is 14.7 Å². The van der Waals surface area contributed by atoms with E-state index in [1.165, 1.54) is 4.90 Å². The molecule has 1 aromatic heterocycles. The Morgan fingerprint density at radius 2 is 1.77 bits per heavy atom. The Morgan fingerprint density at radius 3 is 2.50 bits per heavy atom. The molecule has 0 bridgehead atoms. The number of H-pyrrole nitrogens is 1. The molecule has 5 rings (SSSR count). The van der Waals surface area contributed by atoms with E-state index >= 15 is 0 Å². The van der Waals surface area contributed by atoms with Gasteiger partial charge in [-0.15, -0.1) is 0 Å². The number of benzene rings is 2. The number of fused-ring (bicyclic) bond motifs is 2. The molecule has 30 heavy (non-hydrogen) atoms. The first kappa shape index (κ1) is 18.7. The van der Waals surface area contributed by atoms with Crippen molar-refractivity contribution in [2.75, 3.05) is 0 Å². The number of carbonyl (C=O) groups excluding carboxylic acids is 1. The zero-order valence-corrected chi connectivity index (χ0v) is 16.5. The molecule has 0 unspecified atom stereocenters. The van der Waals surface area contributed by atoms with E-state index in [1.54, 1.807) is 22.8 Å². The van der Waals surface area contributed by atoms with Gasteiger partial charge in [-0.05, 0) is 42.2 Å². The number of aromatic nitrogens is 2. The van der Waals surface area contributed by atoms with E-state index in [-0.39, 0.29) is 30.6 Å². The molecule has 1 saturated carbocycles. The van der Waals surface area contributed by atoms with Crippen LogP contribution in [-0.2, 0) is 17.8 Å². The molecule has 154 valence electrons. The molecule has 1 fully saturated rings. The molecule has 7 heteroatoms. The van der Waals surface area contributed by atoms with E-state index in [4.69, 9.17) is 0 Å². The van der Waals surface area contributed by atoms with Gasteiger partial charge < -0.3 is 15.0 Å². The van der Waals surface area contributed by atoms with Crippen LogP contribution in [0.2, 0.25) is 0 Å². The molecule has 1 aliphatic heterocycles. The molecule has 0 spiro atoms. The molecule has 1 aliphatic carbocycles. The first-order valence-electron chi connectivity index (χ1n) is 10.4. The highest BCUT2D eigenvalue weighted by Crippen LogP contribution is 2.31. The standard InChI is InChI=1S/C23H23N3O4/c27-21(25-13-16-6-2-1-5-14(16)12-20(25)22(28)29)15-9-10-19-18(11-15)24-23(30)26(19)17-7-3-4-8-17/h1-2,5-6,9-11,17,20H,3-4,7-8,12-13H2,(H,24,30)(H,28,29)/t20-/m0/s1. The summed E-state index contributed by atoms with van der Waals surface area (Å²) in [4.78, 5) is 42.0. The largest absolute Gasteiger partial charge is 0.480 e. The van der Waals surface area contributed by atoms with Crippen molar-refractivity contribution in [2.45, 2.75) is 50.7 Å². The second kappa shape index (κ2) is 7.16. The van der Waals surface area contributed by atoms with E-state index in [0.29, 0.717) is 11.1 Å². The maximum Gasteiger partial charge on any atom is 0.326 e. The topological polar surface area (TPSA) is 95.4 Å². The van der Waals surface area contributed by atoms with Gasteiger partial charge in [0.25, 0.3) is 5.91 Å². The number of carboxylic acid groups (broad SMARTS) is 1. The van der Waals surface area contributed by atoms with Crippen LogP contribution in [0.25, 0.3) is 11.0 Å². The summed E-state index contributed by atoms with van der Waals surface area (Å²) in [6, 6.07) is 12.1. The number of hydrogen-bond acceptors (Lipinski definition) is 3. The Kier molecular flexibility index (Phi) is 4.46. The van der Waals surface area contributed by atoms with Gasteiger partial charge in [0.2, 0.25) is 0 Å². The average Bonchev–Trinajstić information content (AvgIpc) is 3.38. The minimum absolute atomic E-state index is 0.156. The number of nitrogens with one attached hydrogen (secondary N) is 1. The van der Waals surface area contributed by atoms with Gasteiger partial charge in [0.1, 0.15) is 6.04 Å². The van der Waals surface area contributed by atoms with Crippen molar-refractivity contribution in [3.05, 3.63) is 69.6 Å². The maximum atomic E-state index is 13.3. The van der Waals surface area contributed by atoms with E-state index < -0.39 is 12.0 Å². The van der Waals surface area contributed by atoms with Gasteiger partial charge in [0.15, 0.2) is 0 Å². The molecule has 3 aromatic rings. The Hall–Kier alpha value is -3.35. The van der Waals surface area contributed by atoms with Crippen LogP contribution in [-0.4, -0.2) is 37.5 Å². The molecular weight excluding hydrogens is 382 g/mol. The Morgan fingerprint density at radius 1 is 1.03 bits per heavy atom. The highest BCUT2D eigenvalue weighted by Gasteiger charge is 2.35. The fourth-order valence-electron chi connectivity index (χ4n) is 4.91.